The molecule has 5 nitrogen and oxygen atoms in total. The quantitative estimate of drug-likeness (QED) is 0.600. The summed E-state index contributed by atoms with van der Waals surface area (Å²) in [5, 5.41) is 5.90. The fourth-order valence-electron chi connectivity index (χ4n) is 2.51. The number of aromatic nitrogens is 1. The maximum Gasteiger partial charge on any atom is 0.245 e. The average molecular weight is 444 g/mol. The molecule has 0 radical (unpaired) electrons. The third-order valence-electron chi connectivity index (χ3n) is 3.81. The highest BCUT2D eigenvalue weighted by atomic mass is 79.9. The van der Waals surface area contributed by atoms with Crippen LogP contribution in [0.15, 0.2) is 59.1 Å². The monoisotopic (exact) mass is 443 g/mol. The summed E-state index contributed by atoms with van der Waals surface area (Å²) in [7, 11) is 0. The topological polar surface area (TPSA) is 71.1 Å². The molecule has 0 saturated heterocycles. The molecule has 2 N–H and O–H groups in total. The van der Waals surface area contributed by atoms with Gasteiger partial charge in [-0.3, -0.25) is 9.59 Å². The highest BCUT2D eigenvalue weighted by molar-refractivity contribution is 9.10. The molecular weight excluding hydrogens is 426 g/mol. The highest BCUT2D eigenvalue weighted by Crippen LogP contribution is 2.30. The predicted molar refractivity (Wildman–Crippen MR) is 112 cm³/mol. The van der Waals surface area contributed by atoms with Gasteiger partial charge in [0, 0.05) is 14.9 Å². The Morgan fingerprint density at radius 2 is 1.74 bits per heavy atom. The Balaban J connectivity index is 1.54. The Bertz CT molecular complexity index is 940. The van der Waals surface area contributed by atoms with Crippen LogP contribution < -0.4 is 10.6 Å². The lowest BCUT2D eigenvalue weighted by Crippen LogP contribution is -2.33. The lowest BCUT2D eigenvalue weighted by atomic mass is 10.1. The molecule has 2 aromatic carbocycles. The first-order valence-electron chi connectivity index (χ1n) is 8.35. The molecule has 3 rings (SSSR count). The van der Waals surface area contributed by atoms with E-state index in [2.05, 4.69) is 31.5 Å². The van der Waals surface area contributed by atoms with Crippen molar-refractivity contribution in [1.29, 1.82) is 0 Å². The standard InChI is InChI=1S/C20H18BrN3O2S/c1-13-19(15-7-9-16(21)10-8-15)24-20(27-13)23-18(26)12-22-17(25)11-14-5-3-2-4-6-14/h2-10H,11-12H2,1H3,(H,22,25)(H,23,24,26). The molecule has 0 fully saturated rings. The fourth-order valence-corrected chi connectivity index (χ4v) is 3.63. The molecular formula is C20H18BrN3O2S. The molecule has 1 aromatic heterocycles. The van der Waals surface area contributed by atoms with Crippen LogP contribution >= 0.6 is 27.3 Å². The summed E-state index contributed by atoms with van der Waals surface area (Å²) in [6.07, 6.45) is 0.248. The van der Waals surface area contributed by atoms with E-state index in [1.807, 2.05) is 61.5 Å². The molecule has 0 bridgehead atoms. The molecule has 0 atom stereocenters. The molecule has 27 heavy (non-hydrogen) atoms. The van der Waals surface area contributed by atoms with Crippen molar-refractivity contribution in [2.75, 3.05) is 11.9 Å². The second-order valence-corrected chi connectivity index (χ2v) is 8.04. The van der Waals surface area contributed by atoms with Gasteiger partial charge in [-0.25, -0.2) is 4.98 Å². The summed E-state index contributed by atoms with van der Waals surface area (Å²) < 4.78 is 0.999. The number of hydrogen-bond acceptors (Lipinski definition) is 4. The van der Waals surface area contributed by atoms with E-state index in [-0.39, 0.29) is 24.8 Å². The van der Waals surface area contributed by atoms with Crippen LogP contribution in [0.2, 0.25) is 0 Å². The first kappa shape index (κ1) is 19.3. The number of aryl methyl sites for hydroxylation is 1. The number of anilines is 1. The van der Waals surface area contributed by atoms with Gasteiger partial charge in [0.05, 0.1) is 18.7 Å². The lowest BCUT2D eigenvalue weighted by Gasteiger charge is -2.05. The summed E-state index contributed by atoms with van der Waals surface area (Å²) in [5.41, 5.74) is 2.74. The molecule has 138 valence electrons. The van der Waals surface area contributed by atoms with E-state index in [1.165, 1.54) is 11.3 Å². The van der Waals surface area contributed by atoms with E-state index in [9.17, 15) is 9.59 Å². The van der Waals surface area contributed by atoms with Crippen molar-refractivity contribution >= 4 is 44.2 Å². The zero-order valence-corrected chi connectivity index (χ0v) is 17.1. The minimum absolute atomic E-state index is 0.0854. The Morgan fingerprint density at radius 3 is 2.44 bits per heavy atom. The first-order valence-corrected chi connectivity index (χ1v) is 9.96. The molecule has 7 heteroatoms. The smallest absolute Gasteiger partial charge is 0.245 e. The predicted octanol–water partition coefficient (Wildman–Crippen LogP) is 4.18. The van der Waals surface area contributed by atoms with Gasteiger partial charge in [0.15, 0.2) is 5.13 Å². The van der Waals surface area contributed by atoms with Gasteiger partial charge in [-0.05, 0) is 24.6 Å². The van der Waals surface area contributed by atoms with Crippen molar-refractivity contribution in [2.45, 2.75) is 13.3 Å². The zero-order chi connectivity index (χ0) is 19.2. The van der Waals surface area contributed by atoms with Gasteiger partial charge in [0.2, 0.25) is 11.8 Å². The minimum atomic E-state index is -0.299. The number of rotatable bonds is 6. The highest BCUT2D eigenvalue weighted by Gasteiger charge is 2.13. The largest absolute Gasteiger partial charge is 0.347 e. The van der Waals surface area contributed by atoms with Crippen molar-refractivity contribution in [3.63, 3.8) is 0 Å². The van der Waals surface area contributed by atoms with Crippen LogP contribution in [0, 0.1) is 6.92 Å². The number of hydrogen-bond donors (Lipinski definition) is 2. The second-order valence-electron chi connectivity index (χ2n) is 5.92. The van der Waals surface area contributed by atoms with Crippen molar-refractivity contribution in [3.8, 4) is 11.3 Å². The summed E-state index contributed by atoms with van der Waals surface area (Å²) in [4.78, 5) is 29.6. The van der Waals surface area contributed by atoms with Crippen LogP contribution in [0.1, 0.15) is 10.4 Å². The van der Waals surface area contributed by atoms with Crippen molar-refractivity contribution in [1.82, 2.24) is 10.3 Å². The van der Waals surface area contributed by atoms with Gasteiger partial charge in [0.25, 0.3) is 0 Å². The van der Waals surface area contributed by atoms with Gasteiger partial charge >= 0.3 is 0 Å². The molecule has 0 unspecified atom stereocenters. The van der Waals surface area contributed by atoms with Gasteiger partial charge in [-0.2, -0.15) is 0 Å². The lowest BCUT2D eigenvalue weighted by molar-refractivity contribution is -0.123. The number of carbonyl (C=O) groups excluding carboxylic acids is 2. The third kappa shape index (κ3) is 5.48. The summed E-state index contributed by atoms with van der Waals surface area (Å²) in [6, 6.07) is 17.3. The summed E-state index contributed by atoms with van der Waals surface area (Å²) in [6.45, 7) is 1.88. The Hall–Kier alpha value is -2.51. The van der Waals surface area contributed by atoms with Crippen LogP contribution in [-0.4, -0.2) is 23.3 Å². The Morgan fingerprint density at radius 1 is 1.04 bits per heavy atom. The van der Waals surface area contributed by atoms with Crippen molar-refractivity contribution in [2.24, 2.45) is 0 Å². The van der Waals surface area contributed by atoms with Crippen LogP contribution in [-0.2, 0) is 16.0 Å². The van der Waals surface area contributed by atoms with E-state index >= 15 is 0 Å². The Kier molecular flexibility index (Phi) is 6.36. The summed E-state index contributed by atoms with van der Waals surface area (Å²) in [5.74, 6) is -0.491. The van der Waals surface area contributed by atoms with Gasteiger partial charge < -0.3 is 10.6 Å². The SMILES string of the molecule is Cc1sc(NC(=O)CNC(=O)Cc2ccccc2)nc1-c1ccc(Br)cc1. The molecule has 3 aromatic rings. The molecule has 0 saturated carbocycles. The van der Waals surface area contributed by atoms with Gasteiger partial charge in [-0.15, -0.1) is 11.3 Å². The number of benzene rings is 2. The molecule has 0 aliphatic rings. The zero-order valence-electron chi connectivity index (χ0n) is 14.7. The average Bonchev–Trinajstić information content (AvgIpc) is 3.01. The van der Waals surface area contributed by atoms with Gasteiger partial charge in [0.1, 0.15) is 0 Å². The van der Waals surface area contributed by atoms with Crippen LogP contribution in [0.5, 0.6) is 0 Å². The third-order valence-corrected chi connectivity index (χ3v) is 5.23. The molecule has 2 amide bonds. The van der Waals surface area contributed by atoms with Crippen LogP contribution in [0.4, 0.5) is 5.13 Å². The number of amides is 2. The first-order chi connectivity index (χ1) is 13.0. The number of nitrogens with zero attached hydrogens (tertiary/aromatic N) is 1. The van der Waals surface area contributed by atoms with E-state index in [4.69, 9.17) is 0 Å². The minimum Gasteiger partial charge on any atom is -0.347 e. The second kappa shape index (κ2) is 8.92. The van der Waals surface area contributed by atoms with E-state index in [0.29, 0.717) is 5.13 Å². The molecule has 0 aliphatic heterocycles. The number of thiazole rings is 1. The van der Waals surface area contributed by atoms with Crippen molar-refractivity contribution < 1.29 is 9.59 Å². The maximum absolute atomic E-state index is 12.1. The molecule has 0 aliphatic carbocycles. The molecule has 1 heterocycles. The fraction of sp³-hybridized carbons (Fsp3) is 0.150. The van der Waals surface area contributed by atoms with E-state index in [0.717, 1.165) is 26.2 Å². The number of carbonyl (C=O) groups is 2. The molecule has 0 spiro atoms. The van der Waals surface area contributed by atoms with Crippen molar-refractivity contribution in [3.05, 3.63) is 69.5 Å². The summed E-state index contributed by atoms with van der Waals surface area (Å²) >= 11 is 4.83. The van der Waals surface area contributed by atoms with E-state index < -0.39 is 0 Å². The number of halogens is 1. The van der Waals surface area contributed by atoms with Crippen LogP contribution in [0.25, 0.3) is 11.3 Å². The Labute approximate surface area is 170 Å². The number of nitrogens with one attached hydrogen (secondary N) is 2. The van der Waals surface area contributed by atoms with Gasteiger partial charge in [-0.1, -0.05) is 58.4 Å². The maximum atomic E-state index is 12.1. The van der Waals surface area contributed by atoms with E-state index in [1.54, 1.807) is 0 Å². The normalized spacial score (nSPS) is 10.4. The van der Waals surface area contributed by atoms with Crippen LogP contribution in [0.3, 0.4) is 0 Å².